The number of nitrogens with zero attached hydrogens (tertiary/aromatic N) is 4. The molecule has 0 aliphatic rings. The highest BCUT2D eigenvalue weighted by Crippen LogP contribution is 2.09. The third kappa shape index (κ3) is 3.90. The molecule has 0 aliphatic heterocycles. The van der Waals surface area contributed by atoms with Crippen LogP contribution in [0.5, 0.6) is 0 Å². The molecule has 112 valence electrons. The predicted molar refractivity (Wildman–Crippen MR) is 82.1 cm³/mol. The molecular weight excluding hydrogens is 264 g/mol. The Morgan fingerprint density at radius 2 is 2.05 bits per heavy atom. The van der Waals surface area contributed by atoms with Gasteiger partial charge in [-0.25, -0.2) is 4.68 Å². The summed E-state index contributed by atoms with van der Waals surface area (Å²) in [6, 6.07) is 8.13. The van der Waals surface area contributed by atoms with E-state index >= 15 is 0 Å². The van der Waals surface area contributed by atoms with Gasteiger partial charge in [-0.15, -0.1) is 5.10 Å². The molecule has 0 bridgehead atoms. The van der Waals surface area contributed by atoms with E-state index in [1.165, 1.54) is 11.1 Å². The number of carbonyl (C=O) groups excluding carboxylic acids is 1. The molecule has 0 saturated heterocycles. The number of carbonyl (C=O) groups is 1. The van der Waals surface area contributed by atoms with Crippen molar-refractivity contribution in [3.8, 4) is 0 Å². The number of hydrogen-bond donors (Lipinski definition) is 0. The molecule has 0 aliphatic carbocycles. The zero-order valence-corrected chi connectivity index (χ0v) is 13.1. The summed E-state index contributed by atoms with van der Waals surface area (Å²) in [7, 11) is 1.79. The smallest absolute Gasteiger partial charge is 0.275 e. The molecule has 5 nitrogen and oxygen atoms in total. The highest BCUT2D eigenvalue weighted by Gasteiger charge is 2.16. The lowest BCUT2D eigenvalue weighted by Crippen LogP contribution is -2.30. The number of rotatable bonds is 5. The maximum Gasteiger partial charge on any atom is 0.275 e. The molecular formula is C16H22N4O. The van der Waals surface area contributed by atoms with Crippen LogP contribution in [0.1, 0.15) is 35.5 Å². The molecule has 2 rings (SSSR count). The second kappa shape index (κ2) is 6.52. The minimum atomic E-state index is -0.0836. The van der Waals surface area contributed by atoms with Gasteiger partial charge in [0.1, 0.15) is 0 Å². The van der Waals surface area contributed by atoms with Crippen molar-refractivity contribution in [1.29, 1.82) is 0 Å². The summed E-state index contributed by atoms with van der Waals surface area (Å²) in [5.74, 6) is 0.348. The van der Waals surface area contributed by atoms with Crippen LogP contribution in [0.2, 0.25) is 0 Å². The van der Waals surface area contributed by atoms with Gasteiger partial charge in [-0.2, -0.15) is 0 Å². The molecule has 5 heteroatoms. The van der Waals surface area contributed by atoms with Gasteiger partial charge >= 0.3 is 0 Å². The number of aromatic nitrogens is 3. The van der Waals surface area contributed by atoms with Crippen molar-refractivity contribution in [3.05, 3.63) is 47.3 Å². The lowest BCUT2D eigenvalue weighted by molar-refractivity contribution is 0.0773. The highest BCUT2D eigenvalue weighted by molar-refractivity contribution is 5.91. The van der Waals surface area contributed by atoms with E-state index in [0.29, 0.717) is 24.7 Å². The first-order chi connectivity index (χ1) is 9.97. The van der Waals surface area contributed by atoms with Crippen molar-refractivity contribution in [2.75, 3.05) is 13.6 Å². The Labute approximate surface area is 125 Å². The molecule has 21 heavy (non-hydrogen) atoms. The van der Waals surface area contributed by atoms with Gasteiger partial charge in [0.05, 0.1) is 12.7 Å². The lowest BCUT2D eigenvalue weighted by atomic mass is 10.1. The van der Waals surface area contributed by atoms with Gasteiger partial charge in [0.15, 0.2) is 5.69 Å². The van der Waals surface area contributed by atoms with E-state index in [2.05, 4.69) is 43.2 Å². The van der Waals surface area contributed by atoms with Gasteiger partial charge < -0.3 is 4.90 Å². The second-order valence-electron chi connectivity index (χ2n) is 5.81. The van der Waals surface area contributed by atoms with Gasteiger partial charge in [-0.1, -0.05) is 43.3 Å². The molecule has 0 radical (unpaired) electrons. The third-order valence-corrected chi connectivity index (χ3v) is 3.34. The van der Waals surface area contributed by atoms with Crippen LogP contribution in [0.3, 0.4) is 0 Å². The van der Waals surface area contributed by atoms with Crippen LogP contribution in [0, 0.1) is 12.8 Å². The summed E-state index contributed by atoms with van der Waals surface area (Å²) < 4.78 is 1.71. The SMILES string of the molecule is Cc1ccccc1Cn1cc(C(=O)N(C)CC(C)C)nn1. The van der Waals surface area contributed by atoms with Crippen molar-refractivity contribution in [2.24, 2.45) is 5.92 Å². The Kier molecular flexibility index (Phi) is 4.73. The summed E-state index contributed by atoms with van der Waals surface area (Å²) in [6.45, 7) is 7.57. The number of amides is 1. The molecule has 2 aromatic rings. The second-order valence-corrected chi connectivity index (χ2v) is 5.81. The van der Waals surface area contributed by atoms with Crippen LogP contribution in [-0.4, -0.2) is 39.4 Å². The maximum absolute atomic E-state index is 12.2. The zero-order valence-electron chi connectivity index (χ0n) is 13.1. The van der Waals surface area contributed by atoms with Crippen LogP contribution >= 0.6 is 0 Å². The molecule has 0 atom stereocenters. The Hall–Kier alpha value is -2.17. The van der Waals surface area contributed by atoms with E-state index in [1.807, 2.05) is 12.1 Å². The average Bonchev–Trinajstić information content (AvgIpc) is 2.88. The quantitative estimate of drug-likeness (QED) is 0.848. The molecule has 1 aromatic heterocycles. The number of hydrogen-bond acceptors (Lipinski definition) is 3. The van der Waals surface area contributed by atoms with Gasteiger partial charge in [-0.05, 0) is 24.0 Å². The van der Waals surface area contributed by atoms with Gasteiger partial charge in [0.2, 0.25) is 0 Å². The van der Waals surface area contributed by atoms with Crippen molar-refractivity contribution >= 4 is 5.91 Å². The summed E-state index contributed by atoms with van der Waals surface area (Å²) in [5.41, 5.74) is 2.78. The van der Waals surface area contributed by atoms with E-state index in [9.17, 15) is 4.79 Å². The summed E-state index contributed by atoms with van der Waals surface area (Å²) in [6.07, 6.45) is 1.71. The van der Waals surface area contributed by atoms with Crippen LogP contribution in [-0.2, 0) is 6.54 Å². The number of aryl methyl sites for hydroxylation is 1. The summed E-state index contributed by atoms with van der Waals surface area (Å²) >= 11 is 0. The van der Waals surface area contributed by atoms with E-state index in [4.69, 9.17) is 0 Å². The first-order valence-electron chi connectivity index (χ1n) is 7.17. The fourth-order valence-corrected chi connectivity index (χ4v) is 2.26. The fraction of sp³-hybridized carbons (Fsp3) is 0.438. The van der Waals surface area contributed by atoms with E-state index in [0.717, 1.165) is 0 Å². The molecule has 1 aromatic carbocycles. The van der Waals surface area contributed by atoms with Crippen molar-refractivity contribution < 1.29 is 4.79 Å². The third-order valence-electron chi connectivity index (χ3n) is 3.34. The van der Waals surface area contributed by atoms with Crippen LogP contribution < -0.4 is 0 Å². The molecule has 0 N–H and O–H groups in total. The monoisotopic (exact) mass is 286 g/mol. The largest absolute Gasteiger partial charge is 0.340 e. The highest BCUT2D eigenvalue weighted by atomic mass is 16.2. The molecule has 0 fully saturated rings. The Bertz CT molecular complexity index is 618. The first-order valence-corrected chi connectivity index (χ1v) is 7.17. The normalized spacial score (nSPS) is 10.9. The van der Waals surface area contributed by atoms with Crippen LogP contribution in [0.4, 0.5) is 0 Å². The standard InChI is InChI=1S/C16H22N4O/c1-12(2)9-19(4)16(21)15-11-20(18-17-15)10-14-8-6-5-7-13(14)3/h5-8,11-12H,9-10H2,1-4H3. The minimum absolute atomic E-state index is 0.0836. The summed E-state index contributed by atoms with van der Waals surface area (Å²) in [5, 5.41) is 8.05. The fourth-order valence-electron chi connectivity index (χ4n) is 2.26. The van der Waals surface area contributed by atoms with E-state index < -0.39 is 0 Å². The van der Waals surface area contributed by atoms with E-state index in [-0.39, 0.29) is 5.91 Å². The van der Waals surface area contributed by atoms with Crippen LogP contribution in [0.25, 0.3) is 0 Å². The van der Waals surface area contributed by atoms with Crippen molar-refractivity contribution in [3.63, 3.8) is 0 Å². The predicted octanol–water partition coefficient (Wildman–Crippen LogP) is 2.36. The van der Waals surface area contributed by atoms with Gasteiger partial charge in [0.25, 0.3) is 5.91 Å². The maximum atomic E-state index is 12.2. The van der Waals surface area contributed by atoms with Crippen LogP contribution in [0.15, 0.2) is 30.5 Å². The Balaban J connectivity index is 2.08. The Morgan fingerprint density at radius 1 is 1.33 bits per heavy atom. The topological polar surface area (TPSA) is 51.0 Å². The van der Waals surface area contributed by atoms with Gasteiger partial charge in [-0.3, -0.25) is 4.79 Å². The lowest BCUT2D eigenvalue weighted by Gasteiger charge is -2.17. The molecule has 0 spiro atoms. The average molecular weight is 286 g/mol. The summed E-state index contributed by atoms with van der Waals surface area (Å²) in [4.78, 5) is 13.9. The van der Waals surface area contributed by atoms with E-state index in [1.54, 1.807) is 22.8 Å². The number of benzene rings is 1. The van der Waals surface area contributed by atoms with Gasteiger partial charge in [0, 0.05) is 13.6 Å². The molecule has 1 amide bonds. The Morgan fingerprint density at radius 3 is 2.71 bits per heavy atom. The zero-order chi connectivity index (χ0) is 15.4. The molecule has 1 heterocycles. The molecule has 0 unspecified atom stereocenters. The minimum Gasteiger partial charge on any atom is -0.340 e. The first kappa shape index (κ1) is 15.2. The van der Waals surface area contributed by atoms with Crippen molar-refractivity contribution in [2.45, 2.75) is 27.3 Å². The van der Waals surface area contributed by atoms with Crippen molar-refractivity contribution in [1.82, 2.24) is 19.9 Å². The molecule has 0 saturated carbocycles.